The summed E-state index contributed by atoms with van der Waals surface area (Å²) in [6.45, 7) is 1.87. The Morgan fingerprint density at radius 2 is 2.11 bits per heavy atom. The molecular weight excluding hydrogens is 262 g/mol. The maximum atomic E-state index is 12.0. The number of nitrogens with zero attached hydrogens (tertiary/aromatic N) is 1. The molecule has 0 atom stereocenters. The fraction of sp³-hybridized carbons (Fsp3) is 0.154. The van der Waals surface area contributed by atoms with Crippen molar-refractivity contribution in [3.05, 3.63) is 46.5 Å². The molecule has 2 rings (SSSR count). The third-order valence-corrected chi connectivity index (χ3v) is 3.32. The van der Waals surface area contributed by atoms with Crippen LogP contribution in [0.5, 0.6) is 0 Å². The van der Waals surface area contributed by atoms with Crippen LogP contribution in [0.2, 0.25) is 0 Å². The van der Waals surface area contributed by atoms with Gasteiger partial charge in [-0.3, -0.25) is 14.9 Å². The quantitative estimate of drug-likeness (QED) is 0.891. The number of hydrogen-bond donors (Lipinski definition) is 2. The van der Waals surface area contributed by atoms with Gasteiger partial charge in [0.05, 0.1) is 12.1 Å². The van der Waals surface area contributed by atoms with Crippen LogP contribution in [0.4, 0.5) is 5.13 Å². The molecular formula is C13H13N3O2S. The number of amides is 2. The minimum absolute atomic E-state index is 0.0801. The molecule has 0 spiro atoms. The van der Waals surface area contributed by atoms with Gasteiger partial charge in [0.25, 0.3) is 5.91 Å². The smallest absolute Gasteiger partial charge is 0.257 e. The summed E-state index contributed by atoms with van der Waals surface area (Å²) in [5, 5.41) is 4.88. The molecule has 1 aromatic carbocycles. The molecule has 5 nitrogen and oxygen atoms in total. The van der Waals surface area contributed by atoms with Crippen molar-refractivity contribution in [3.8, 4) is 0 Å². The summed E-state index contributed by atoms with van der Waals surface area (Å²) >= 11 is 1.27. The minimum atomic E-state index is -0.443. The van der Waals surface area contributed by atoms with Gasteiger partial charge in [0, 0.05) is 10.9 Å². The van der Waals surface area contributed by atoms with E-state index in [2.05, 4.69) is 10.3 Å². The SMILES string of the molecule is Cc1ccccc1C(=O)Nc1nc(CC(N)=O)cs1. The highest BCUT2D eigenvalue weighted by molar-refractivity contribution is 7.14. The number of carbonyl (C=O) groups excluding carboxylic acids is 2. The molecule has 1 heterocycles. The van der Waals surface area contributed by atoms with E-state index in [1.165, 1.54) is 11.3 Å². The molecule has 1 aromatic heterocycles. The lowest BCUT2D eigenvalue weighted by atomic mass is 10.1. The van der Waals surface area contributed by atoms with E-state index < -0.39 is 5.91 Å². The van der Waals surface area contributed by atoms with Crippen LogP contribution >= 0.6 is 11.3 Å². The van der Waals surface area contributed by atoms with Crippen molar-refractivity contribution in [2.45, 2.75) is 13.3 Å². The van der Waals surface area contributed by atoms with Crippen molar-refractivity contribution in [3.63, 3.8) is 0 Å². The molecule has 0 saturated heterocycles. The second kappa shape index (κ2) is 5.62. The molecule has 6 heteroatoms. The number of aromatic nitrogens is 1. The highest BCUT2D eigenvalue weighted by atomic mass is 32.1. The number of nitrogens with two attached hydrogens (primary N) is 1. The van der Waals surface area contributed by atoms with Gasteiger partial charge in [0.2, 0.25) is 5.91 Å². The van der Waals surface area contributed by atoms with Gasteiger partial charge in [0.15, 0.2) is 5.13 Å². The van der Waals surface area contributed by atoms with Crippen LogP contribution in [-0.4, -0.2) is 16.8 Å². The van der Waals surface area contributed by atoms with E-state index in [9.17, 15) is 9.59 Å². The fourth-order valence-corrected chi connectivity index (χ4v) is 2.32. The molecule has 19 heavy (non-hydrogen) atoms. The largest absolute Gasteiger partial charge is 0.369 e. The Kier molecular flexibility index (Phi) is 3.91. The number of primary amides is 1. The van der Waals surface area contributed by atoms with E-state index in [-0.39, 0.29) is 12.3 Å². The van der Waals surface area contributed by atoms with Gasteiger partial charge < -0.3 is 5.73 Å². The first kappa shape index (κ1) is 13.2. The zero-order valence-electron chi connectivity index (χ0n) is 10.3. The summed E-state index contributed by atoms with van der Waals surface area (Å²) in [6.07, 6.45) is 0.0801. The van der Waals surface area contributed by atoms with E-state index in [0.717, 1.165) is 5.56 Å². The molecule has 0 radical (unpaired) electrons. The number of hydrogen-bond acceptors (Lipinski definition) is 4. The lowest BCUT2D eigenvalue weighted by molar-refractivity contribution is -0.117. The Hall–Kier alpha value is -2.21. The standard InChI is InChI=1S/C13H13N3O2S/c1-8-4-2-3-5-10(8)12(18)16-13-15-9(7-19-13)6-11(14)17/h2-5,7H,6H2,1H3,(H2,14,17)(H,15,16,18). The zero-order valence-corrected chi connectivity index (χ0v) is 11.2. The van der Waals surface area contributed by atoms with Crippen LogP contribution in [0.3, 0.4) is 0 Å². The highest BCUT2D eigenvalue weighted by Gasteiger charge is 2.11. The molecule has 2 aromatic rings. The number of rotatable bonds is 4. The van der Waals surface area contributed by atoms with Gasteiger partial charge in [-0.05, 0) is 18.6 Å². The topological polar surface area (TPSA) is 85.1 Å². The Morgan fingerprint density at radius 1 is 1.37 bits per heavy atom. The molecule has 0 aliphatic carbocycles. The fourth-order valence-electron chi connectivity index (χ4n) is 1.62. The molecule has 0 bridgehead atoms. The molecule has 2 amide bonds. The summed E-state index contributed by atoms with van der Waals surface area (Å²) in [7, 11) is 0. The van der Waals surface area contributed by atoms with E-state index in [4.69, 9.17) is 5.73 Å². The van der Waals surface area contributed by atoms with Crippen LogP contribution in [-0.2, 0) is 11.2 Å². The lowest BCUT2D eigenvalue weighted by Crippen LogP contribution is -2.15. The monoisotopic (exact) mass is 275 g/mol. The molecule has 0 fully saturated rings. The Balaban J connectivity index is 2.09. The van der Waals surface area contributed by atoms with Gasteiger partial charge in [-0.1, -0.05) is 18.2 Å². The van der Waals surface area contributed by atoms with Crippen molar-refractivity contribution in [1.29, 1.82) is 0 Å². The number of thiazole rings is 1. The van der Waals surface area contributed by atoms with Crippen LogP contribution in [0.1, 0.15) is 21.6 Å². The van der Waals surface area contributed by atoms with Crippen LogP contribution < -0.4 is 11.1 Å². The number of carbonyl (C=O) groups is 2. The number of anilines is 1. The average Bonchev–Trinajstić information content (AvgIpc) is 2.76. The summed E-state index contributed by atoms with van der Waals surface area (Å²) in [6, 6.07) is 7.31. The summed E-state index contributed by atoms with van der Waals surface area (Å²) in [5.41, 5.74) is 7.15. The summed E-state index contributed by atoms with van der Waals surface area (Å²) < 4.78 is 0. The zero-order chi connectivity index (χ0) is 13.8. The first-order valence-electron chi connectivity index (χ1n) is 5.66. The van der Waals surface area contributed by atoms with Gasteiger partial charge in [-0.15, -0.1) is 11.3 Å². The Bertz CT molecular complexity index is 622. The summed E-state index contributed by atoms with van der Waals surface area (Å²) in [4.78, 5) is 26.9. The highest BCUT2D eigenvalue weighted by Crippen LogP contribution is 2.17. The molecule has 0 unspecified atom stereocenters. The maximum Gasteiger partial charge on any atom is 0.257 e. The normalized spacial score (nSPS) is 10.2. The summed E-state index contributed by atoms with van der Waals surface area (Å²) in [5.74, 6) is -0.653. The second-order valence-corrected chi connectivity index (χ2v) is 4.91. The van der Waals surface area contributed by atoms with Crippen molar-refractivity contribution in [2.24, 2.45) is 5.73 Å². The van der Waals surface area contributed by atoms with E-state index in [1.807, 2.05) is 25.1 Å². The van der Waals surface area contributed by atoms with Gasteiger partial charge in [-0.25, -0.2) is 4.98 Å². The predicted octanol–water partition coefficient (Wildman–Crippen LogP) is 1.73. The van der Waals surface area contributed by atoms with E-state index in [0.29, 0.717) is 16.4 Å². The number of nitrogens with one attached hydrogen (secondary N) is 1. The van der Waals surface area contributed by atoms with Gasteiger partial charge in [-0.2, -0.15) is 0 Å². The first-order valence-corrected chi connectivity index (χ1v) is 6.54. The van der Waals surface area contributed by atoms with Crippen molar-refractivity contribution < 1.29 is 9.59 Å². The molecule has 0 aliphatic rings. The molecule has 0 aliphatic heterocycles. The average molecular weight is 275 g/mol. The van der Waals surface area contributed by atoms with Crippen molar-refractivity contribution >= 4 is 28.3 Å². The third-order valence-electron chi connectivity index (χ3n) is 2.52. The predicted molar refractivity (Wildman–Crippen MR) is 74.1 cm³/mol. The third kappa shape index (κ3) is 3.38. The van der Waals surface area contributed by atoms with Crippen LogP contribution in [0.15, 0.2) is 29.6 Å². The Labute approximate surface area is 114 Å². The minimum Gasteiger partial charge on any atom is -0.369 e. The van der Waals surface area contributed by atoms with E-state index in [1.54, 1.807) is 11.4 Å². The van der Waals surface area contributed by atoms with Crippen LogP contribution in [0, 0.1) is 6.92 Å². The molecule has 98 valence electrons. The van der Waals surface area contributed by atoms with Gasteiger partial charge >= 0.3 is 0 Å². The Morgan fingerprint density at radius 3 is 2.79 bits per heavy atom. The first-order chi connectivity index (χ1) is 9.06. The number of benzene rings is 1. The lowest BCUT2D eigenvalue weighted by Gasteiger charge is -2.04. The van der Waals surface area contributed by atoms with Crippen LogP contribution in [0.25, 0.3) is 0 Å². The molecule has 3 N–H and O–H groups in total. The van der Waals surface area contributed by atoms with E-state index >= 15 is 0 Å². The van der Waals surface area contributed by atoms with Crippen molar-refractivity contribution in [1.82, 2.24) is 4.98 Å². The number of aryl methyl sites for hydroxylation is 1. The molecule has 0 saturated carbocycles. The maximum absolute atomic E-state index is 12.0. The van der Waals surface area contributed by atoms with Gasteiger partial charge in [0.1, 0.15) is 0 Å². The second-order valence-electron chi connectivity index (χ2n) is 4.06. The van der Waals surface area contributed by atoms with Crippen molar-refractivity contribution in [2.75, 3.05) is 5.32 Å².